The molecule has 1 aromatic carbocycles. The van der Waals surface area contributed by atoms with Crippen LogP contribution in [0.15, 0.2) is 24.3 Å². The van der Waals surface area contributed by atoms with Crippen LogP contribution in [0.3, 0.4) is 0 Å². The van der Waals surface area contributed by atoms with E-state index in [1.807, 2.05) is 19.1 Å². The maximum Gasteiger partial charge on any atom is 0.165 e. The van der Waals surface area contributed by atoms with Gasteiger partial charge < -0.3 is 10.5 Å². The van der Waals surface area contributed by atoms with Crippen LogP contribution in [-0.2, 0) is 0 Å². The summed E-state index contributed by atoms with van der Waals surface area (Å²) in [4.78, 5) is 0. The van der Waals surface area contributed by atoms with E-state index >= 15 is 0 Å². The highest BCUT2D eigenvalue weighted by atomic mass is 19.1. The zero-order valence-corrected chi connectivity index (χ0v) is 10.8. The fourth-order valence-corrected chi connectivity index (χ4v) is 2.59. The molecule has 2 N–H and O–H groups in total. The van der Waals surface area contributed by atoms with Crippen LogP contribution in [-0.4, -0.2) is 16.4 Å². The first-order valence-electron chi connectivity index (χ1n) is 6.39. The van der Waals surface area contributed by atoms with Crippen LogP contribution >= 0.6 is 0 Å². The Bertz CT molecular complexity index is 609. The Morgan fingerprint density at radius 1 is 1.47 bits per heavy atom. The molecule has 0 radical (unpaired) electrons. The second-order valence-corrected chi connectivity index (χ2v) is 4.82. The Hall–Kier alpha value is -2.04. The van der Waals surface area contributed by atoms with Crippen LogP contribution in [0.4, 0.5) is 10.2 Å². The van der Waals surface area contributed by atoms with Crippen molar-refractivity contribution in [3.63, 3.8) is 0 Å². The fourth-order valence-electron chi connectivity index (χ4n) is 2.59. The number of ether oxygens (including phenoxy) is 1. The van der Waals surface area contributed by atoms with Crippen molar-refractivity contribution < 1.29 is 9.13 Å². The number of hydrogen-bond donors (Lipinski definition) is 1. The van der Waals surface area contributed by atoms with Gasteiger partial charge in [0.15, 0.2) is 11.6 Å². The molecular weight excluding hydrogens is 245 g/mol. The van der Waals surface area contributed by atoms with Crippen molar-refractivity contribution >= 4 is 5.82 Å². The van der Waals surface area contributed by atoms with Crippen molar-refractivity contribution in [1.29, 1.82) is 0 Å². The first kappa shape index (κ1) is 12.0. The standard InChI is InChI=1S/C14H16FN3O/c1-9-8-13(16)18(17-9)12-6-3-7-19-14-10(12)4-2-5-11(14)15/h2,4-5,8,12H,3,6-7,16H2,1H3. The van der Waals surface area contributed by atoms with Gasteiger partial charge >= 0.3 is 0 Å². The molecule has 1 atom stereocenters. The molecule has 1 aliphatic heterocycles. The van der Waals surface area contributed by atoms with Gasteiger partial charge in [0.25, 0.3) is 0 Å². The molecule has 3 rings (SSSR count). The average Bonchev–Trinajstić information content (AvgIpc) is 2.61. The van der Waals surface area contributed by atoms with Crippen LogP contribution in [0.25, 0.3) is 0 Å². The van der Waals surface area contributed by atoms with Gasteiger partial charge in [-0.1, -0.05) is 12.1 Å². The summed E-state index contributed by atoms with van der Waals surface area (Å²) in [5.41, 5.74) is 7.66. The number of nitrogen functional groups attached to an aromatic ring is 1. The third-order valence-corrected chi connectivity index (χ3v) is 3.41. The first-order valence-corrected chi connectivity index (χ1v) is 6.39. The molecule has 1 aromatic heterocycles. The second kappa shape index (κ2) is 4.57. The van der Waals surface area contributed by atoms with Crippen molar-refractivity contribution in [1.82, 2.24) is 9.78 Å². The molecule has 1 unspecified atom stereocenters. The molecule has 1 aliphatic rings. The van der Waals surface area contributed by atoms with Crippen LogP contribution in [0.2, 0.25) is 0 Å². The molecule has 0 spiro atoms. The van der Waals surface area contributed by atoms with Gasteiger partial charge in [-0.2, -0.15) is 5.10 Å². The molecule has 0 fully saturated rings. The normalized spacial score (nSPS) is 18.5. The van der Waals surface area contributed by atoms with E-state index in [1.54, 1.807) is 10.7 Å². The van der Waals surface area contributed by atoms with Crippen LogP contribution in [0.1, 0.15) is 30.1 Å². The first-order chi connectivity index (χ1) is 9.16. The molecule has 4 nitrogen and oxygen atoms in total. The number of aryl methyl sites for hydroxylation is 1. The number of nitrogens with two attached hydrogens (primary N) is 1. The zero-order chi connectivity index (χ0) is 13.4. The predicted octanol–water partition coefficient (Wildman–Crippen LogP) is 2.67. The van der Waals surface area contributed by atoms with Crippen molar-refractivity contribution in [3.8, 4) is 5.75 Å². The number of anilines is 1. The molecule has 5 heteroatoms. The highest BCUT2D eigenvalue weighted by Gasteiger charge is 2.25. The SMILES string of the molecule is Cc1cc(N)n(C2CCCOc3c(F)cccc32)n1. The molecule has 2 heterocycles. The maximum absolute atomic E-state index is 13.9. The zero-order valence-electron chi connectivity index (χ0n) is 10.8. The van der Waals surface area contributed by atoms with Crippen LogP contribution in [0.5, 0.6) is 5.75 Å². The minimum absolute atomic E-state index is 0.0677. The minimum Gasteiger partial charge on any atom is -0.490 e. The Morgan fingerprint density at radius 3 is 3.05 bits per heavy atom. The summed E-state index contributed by atoms with van der Waals surface area (Å²) >= 11 is 0. The largest absolute Gasteiger partial charge is 0.490 e. The Kier molecular flexibility index (Phi) is 2.89. The molecule has 0 saturated heterocycles. The summed E-state index contributed by atoms with van der Waals surface area (Å²) in [5, 5.41) is 4.42. The monoisotopic (exact) mass is 261 g/mol. The summed E-state index contributed by atoms with van der Waals surface area (Å²) in [6, 6.07) is 6.75. The lowest BCUT2D eigenvalue weighted by Crippen LogP contribution is -2.14. The number of rotatable bonds is 1. The number of nitrogens with zero attached hydrogens (tertiary/aromatic N) is 2. The Balaban J connectivity index is 2.13. The predicted molar refractivity (Wildman–Crippen MR) is 70.6 cm³/mol. The third kappa shape index (κ3) is 2.05. The topological polar surface area (TPSA) is 53.1 Å². The maximum atomic E-state index is 13.9. The molecule has 0 aliphatic carbocycles. The third-order valence-electron chi connectivity index (χ3n) is 3.41. The van der Waals surface area contributed by atoms with E-state index in [-0.39, 0.29) is 11.9 Å². The van der Waals surface area contributed by atoms with Gasteiger partial charge in [-0.15, -0.1) is 0 Å². The van der Waals surface area contributed by atoms with Crippen molar-refractivity contribution in [2.24, 2.45) is 0 Å². The van der Waals surface area contributed by atoms with Crippen molar-refractivity contribution in [3.05, 3.63) is 41.3 Å². The summed E-state index contributed by atoms with van der Waals surface area (Å²) in [6.07, 6.45) is 1.68. The van der Waals surface area contributed by atoms with E-state index in [0.717, 1.165) is 24.1 Å². The number of benzene rings is 1. The summed E-state index contributed by atoms with van der Waals surface area (Å²) < 4.78 is 21.1. The van der Waals surface area contributed by atoms with E-state index in [0.29, 0.717) is 18.2 Å². The number of fused-ring (bicyclic) bond motifs is 1. The Morgan fingerprint density at radius 2 is 2.32 bits per heavy atom. The molecule has 100 valence electrons. The lowest BCUT2D eigenvalue weighted by atomic mass is 10.0. The number of para-hydroxylation sites is 1. The van der Waals surface area contributed by atoms with Gasteiger partial charge in [0.2, 0.25) is 0 Å². The fraction of sp³-hybridized carbons (Fsp3) is 0.357. The molecule has 19 heavy (non-hydrogen) atoms. The molecule has 0 amide bonds. The van der Waals surface area contributed by atoms with Crippen LogP contribution < -0.4 is 10.5 Å². The van der Waals surface area contributed by atoms with Gasteiger partial charge in [0.1, 0.15) is 5.82 Å². The molecule has 0 bridgehead atoms. The van der Waals surface area contributed by atoms with Gasteiger partial charge in [-0.25, -0.2) is 9.07 Å². The van der Waals surface area contributed by atoms with Gasteiger partial charge in [0, 0.05) is 11.6 Å². The average molecular weight is 261 g/mol. The van der Waals surface area contributed by atoms with Gasteiger partial charge in [0.05, 0.1) is 18.3 Å². The van der Waals surface area contributed by atoms with E-state index in [4.69, 9.17) is 10.5 Å². The number of aromatic nitrogens is 2. The molecule has 2 aromatic rings. The highest BCUT2D eigenvalue weighted by Crippen LogP contribution is 2.36. The lowest BCUT2D eigenvalue weighted by molar-refractivity contribution is 0.300. The lowest BCUT2D eigenvalue weighted by Gasteiger charge is -2.18. The van der Waals surface area contributed by atoms with E-state index < -0.39 is 0 Å². The van der Waals surface area contributed by atoms with Crippen molar-refractivity contribution in [2.75, 3.05) is 12.3 Å². The summed E-state index contributed by atoms with van der Waals surface area (Å²) in [6.45, 7) is 2.41. The summed E-state index contributed by atoms with van der Waals surface area (Å²) in [7, 11) is 0. The number of halogens is 1. The van der Waals surface area contributed by atoms with E-state index in [9.17, 15) is 4.39 Å². The van der Waals surface area contributed by atoms with E-state index in [2.05, 4.69) is 5.10 Å². The van der Waals surface area contributed by atoms with Crippen LogP contribution in [0, 0.1) is 12.7 Å². The molecular formula is C14H16FN3O. The van der Waals surface area contributed by atoms with Gasteiger partial charge in [-0.05, 0) is 25.8 Å². The smallest absolute Gasteiger partial charge is 0.165 e. The Labute approximate surface area is 111 Å². The van der Waals surface area contributed by atoms with Crippen molar-refractivity contribution in [2.45, 2.75) is 25.8 Å². The van der Waals surface area contributed by atoms with Gasteiger partial charge in [-0.3, -0.25) is 0 Å². The molecule has 0 saturated carbocycles. The highest BCUT2D eigenvalue weighted by molar-refractivity contribution is 5.41. The number of hydrogen-bond acceptors (Lipinski definition) is 3. The quantitative estimate of drug-likeness (QED) is 0.858. The van der Waals surface area contributed by atoms with E-state index in [1.165, 1.54) is 6.07 Å². The minimum atomic E-state index is -0.327. The summed E-state index contributed by atoms with van der Waals surface area (Å²) in [5.74, 6) is 0.601. The second-order valence-electron chi connectivity index (χ2n) is 4.82.